The fourth-order valence-electron chi connectivity index (χ4n) is 2.76. The molecular weight excluding hydrogens is 454 g/mol. The molecule has 0 atom stereocenters. The van der Waals surface area contributed by atoms with E-state index in [0.717, 1.165) is 0 Å². The molecule has 1 aromatic rings. The van der Waals surface area contributed by atoms with Crippen LogP contribution < -0.4 is 10.6 Å². The van der Waals surface area contributed by atoms with Gasteiger partial charge in [-0.2, -0.15) is 0 Å². The highest BCUT2D eigenvalue weighted by Gasteiger charge is 2.27. The van der Waals surface area contributed by atoms with Gasteiger partial charge in [-0.05, 0) is 31.0 Å². The molecule has 7 nitrogen and oxygen atoms in total. The van der Waals surface area contributed by atoms with Gasteiger partial charge in [-0.3, -0.25) is 14.6 Å². The number of nitrogens with zero attached hydrogens (tertiary/aromatic N) is 2. The number of esters is 1. The van der Waals surface area contributed by atoms with E-state index in [1.807, 2.05) is 4.90 Å². The van der Waals surface area contributed by atoms with Gasteiger partial charge in [-0.15, -0.1) is 24.0 Å². The summed E-state index contributed by atoms with van der Waals surface area (Å²) in [5.41, 5.74) is 0.403. The Morgan fingerprint density at radius 3 is 2.62 bits per heavy atom. The topological polar surface area (TPSA) is 83.0 Å². The number of nitrogens with one attached hydrogen (secondary N) is 2. The monoisotopic (exact) mass is 478 g/mol. The zero-order valence-corrected chi connectivity index (χ0v) is 17.2. The Kier molecular flexibility index (Phi) is 9.31. The highest BCUT2D eigenvalue weighted by molar-refractivity contribution is 14.0. The van der Waals surface area contributed by atoms with E-state index in [9.17, 15) is 14.0 Å². The predicted molar refractivity (Wildman–Crippen MR) is 108 cm³/mol. The van der Waals surface area contributed by atoms with Crippen molar-refractivity contribution in [1.82, 2.24) is 10.2 Å². The predicted octanol–water partition coefficient (Wildman–Crippen LogP) is 1.84. The smallest absolute Gasteiger partial charge is 0.308 e. The summed E-state index contributed by atoms with van der Waals surface area (Å²) in [6.07, 6.45) is 1.37. The van der Waals surface area contributed by atoms with Crippen molar-refractivity contribution in [3.05, 3.63) is 30.1 Å². The second-order valence-corrected chi connectivity index (χ2v) is 5.74. The Balaban J connectivity index is 0.00000338. The van der Waals surface area contributed by atoms with Gasteiger partial charge >= 0.3 is 5.97 Å². The maximum absolute atomic E-state index is 13.1. The summed E-state index contributed by atoms with van der Waals surface area (Å²) in [4.78, 5) is 29.7. The van der Waals surface area contributed by atoms with Gasteiger partial charge < -0.3 is 20.3 Å². The van der Waals surface area contributed by atoms with Crippen molar-refractivity contribution in [2.75, 3.05) is 39.1 Å². The average molecular weight is 478 g/mol. The molecule has 0 bridgehead atoms. The molecule has 0 saturated carbocycles. The normalized spacial score (nSPS) is 15.0. The van der Waals surface area contributed by atoms with Gasteiger partial charge in [0.05, 0.1) is 19.6 Å². The van der Waals surface area contributed by atoms with E-state index in [-0.39, 0.29) is 48.3 Å². The Morgan fingerprint density at radius 2 is 2.04 bits per heavy atom. The zero-order valence-electron chi connectivity index (χ0n) is 14.8. The van der Waals surface area contributed by atoms with Crippen LogP contribution in [0.2, 0.25) is 0 Å². The summed E-state index contributed by atoms with van der Waals surface area (Å²) in [5.74, 6) is -0.378. The lowest BCUT2D eigenvalue weighted by Gasteiger charge is -2.33. The van der Waals surface area contributed by atoms with Crippen molar-refractivity contribution in [2.24, 2.45) is 10.9 Å². The summed E-state index contributed by atoms with van der Waals surface area (Å²) in [6.45, 7) is 1.33. The second-order valence-electron chi connectivity index (χ2n) is 5.74. The second kappa shape index (κ2) is 10.9. The number of guanidine groups is 1. The molecular formula is C17H24FIN4O3. The molecule has 9 heteroatoms. The van der Waals surface area contributed by atoms with Crippen LogP contribution in [0, 0.1) is 11.7 Å². The largest absolute Gasteiger partial charge is 0.469 e. The third-order valence-electron chi connectivity index (χ3n) is 4.06. The van der Waals surface area contributed by atoms with Crippen LogP contribution in [-0.4, -0.2) is 56.5 Å². The number of carbonyl (C=O) groups is 2. The SMILES string of the molecule is CN=C(NCC(=O)Nc1cccc(F)c1)N1CCC(C(=O)OC)CC1.I. The van der Waals surface area contributed by atoms with E-state index in [1.165, 1.54) is 25.3 Å². The van der Waals surface area contributed by atoms with Crippen LogP contribution in [0.15, 0.2) is 29.3 Å². The lowest BCUT2D eigenvalue weighted by atomic mass is 9.97. The number of methoxy groups -OCH3 is 1. The number of rotatable bonds is 4. The molecule has 1 aliphatic rings. The molecule has 1 aromatic carbocycles. The van der Waals surface area contributed by atoms with E-state index in [0.29, 0.717) is 37.6 Å². The number of hydrogen-bond acceptors (Lipinski definition) is 4. The molecule has 1 saturated heterocycles. The number of amides is 1. The first kappa shape index (κ1) is 22.1. The van der Waals surface area contributed by atoms with Crippen molar-refractivity contribution in [3.8, 4) is 0 Å². The summed E-state index contributed by atoms with van der Waals surface area (Å²) in [6, 6.07) is 5.72. The standard InChI is InChI=1S/C17H23FN4O3.HI/c1-19-17(22-8-6-12(7-9-22)16(24)25-2)20-11-15(23)21-14-5-3-4-13(18)10-14;/h3-5,10,12H,6-9,11H2,1-2H3,(H,19,20)(H,21,23);1H. The van der Waals surface area contributed by atoms with Crippen molar-refractivity contribution < 1.29 is 18.7 Å². The maximum atomic E-state index is 13.1. The van der Waals surface area contributed by atoms with Gasteiger partial charge in [0, 0.05) is 25.8 Å². The van der Waals surface area contributed by atoms with E-state index in [1.54, 1.807) is 13.1 Å². The van der Waals surface area contributed by atoms with Gasteiger partial charge in [0.15, 0.2) is 5.96 Å². The van der Waals surface area contributed by atoms with Crippen molar-refractivity contribution in [2.45, 2.75) is 12.8 Å². The maximum Gasteiger partial charge on any atom is 0.308 e. The molecule has 0 aliphatic carbocycles. The molecule has 0 aromatic heterocycles. The highest BCUT2D eigenvalue weighted by atomic mass is 127. The van der Waals surface area contributed by atoms with Gasteiger partial charge in [-0.1, -0.05) is 6.07 Å². The number of piperidine rings is 1. The highest BCUT2D eigenvalue weighted by Crippen LogP contribution is 2.18. The third kappa shape index (κ3) is 6.43. The first-order valence-corrected chi connectivity index (χ1v) is 8.12. The van der Waals surface area contributed by atoms with Gasteiger partial charge in [-0.25, -0.2) is 4.39 Å². The van der Waals surface area contributed by atoms with E-state index in [4.69, 9.17) is 4.74 Å². The summed E-state index contributed by atoms with van der Waals surface area (Å²) in [5, 5.41) is 5.60. The lowest BCUT2D eigenvalue weighted by Crippen LogP contribution is -2.48. The number of benzene rings is 1. The Hall–Kier alpha value is -1.91. The zero-order chi connectivity index (χ0) is 18.2. The van der Waals surface area contributed by atoms with E-state index >= 15 is 0 Å². The molecule has 1 fully saturated rings. The summed E-state index contributed by atoms with van der Waals surface area (Å²) >= 11 is 0. The Morgan fingerprint density at radius 1 is 1.35 bits per heavy atom. The van der Waals surface area contributed by atoms with Crippen molar-refractivity contribution in [3.63, 3.8) is 0 Å². The van der Waals surface area contributed by atoms with Crippen LogP contribution in [0.25, 0.3) is 0 Å². The third-order valence-corrected chi connectivity index (χ3v) is 4.06. The minimum atomic E-state index is -0.407. The molecule has 26 heavy (non-hydrogen) atoms. The molecule has 0 spiro atoms. The lowest BCUT2D eigenvalue weighted by molar-refractivity contribution is -0.146. The number of hydrogen-bond donors (Lipinski definition) is 2. The fraction of sp³-hybridized carbons (Fsp3) is 0.471. The molecule has 1 aliphatic heterocycles. The number of aliphatic imine (C=N–C) groups is 1. The van der Waals surface area contributed by atoms with Crippen molar-refractivity contribution in [1.29, 1.82) is 0 Å². The summed E-state index contributed by atoms with van der Waals surface area (Å²) in [7, 11) is 3.03. The minimum absolute atomic E-state index is 0. The molecule has 1 amide bonds. The molecule has 1 heterocycles. The number of halogens is 2. The Bertz CT molecular complexity index is 649. The first-order chi connectivity index (χ1) is 12.0. The number of carbonyl (C=O) groups excluding carboxylic acids is 2. The number of anilines is 1. The fourth-order valence-corrected chi connectivity index (χ4v) is 2.76. The van der Waals surface area contributed by atoms with Gasteiger partial charge in [0.1, 0.15) is 5.82 Å². The van der Waals surface area contributed by atoms with Crippen molar-refractivity contribution >= 4 is 47.5 Å². The number of likely N-dealkylation sites (tertiary alicyclic amines) is 1. The summed E-state index contributed by atoms with van der Waals surface area (Å²) < 4.78 is 17.9. The van der Waals surface area contributed by atoms with E-state index < -0.39 is 5.82 Å². The quantitative estimate of drug-likeness (QED) is 0.299. The van der Waals surface area contributed by atoms with Gasteiger partial charge in [0.2, 0.25) is 5.91 Å². The van der Waals surface area contributed by atoms with Crippen LogP contribution in [0.4, 0.5) is 10.1 Å². The minimum Gasteiger partial charge on any atom is -0.469 e. The molecule has 0 radical (unpaired) electrons. The Labute approximate surface area is 169 Å². The average Bonchev–Trinajstić information content (AvgIpc) is 2.62. The van der Waals surface area contributed by atoms with Crippen LogP contribution in [0.3, 0.4) is 0 Å². The first-order valence-electron chi connectivity index (χ1n) is 8.12. The van der Waals surface area contributed by atoms with Crippen LogP contribution in [0.1, 0.15) is 12.8 Å². The number of ether oxygens (including phenoxy) is 1. The van der Waals surface area contributed by atoms with Crippen LogP contribution in [-0.2, 0) is 14.3 Å². The van der Waals surface area contributed by atoms with Gasteiger partial charge in [0.25, 0.3) is 0 Å². The molecule has 144 valence electrons. The van der Waals surface area contributed by atoms with Crippen LogP contribution >= 0.6 is 24.0 Å². The van der Waals surface area contributed by atoms with Crippen LogP contribution in [0.5, 0.6) is 0 Å². The molecule has 2 N–H and O–H groups in total. The molecule has 2 rings (SSSR count). The van der Waals surface area contributed by atoms with E-state index in [2.05, 4.69) is 15.6 Å². The molecule has 0 unspecified atom stereocenters.